The largest absolute Gasteiger partial charge is 0.461 e. The van der Waals surface area contributed by atoms with Gasteiger partial charge in [0.25, 0.3) is 0 Å². The van der Waals surface area contributed by atoms with Crippen molar-refractivity contribution < 1.29 is 9.53 Å². The van der Waals surface area contributed by atoms with Gasteiger partial charge in [0.2, 0.25) is 0 Å². The van der Waals surface area contributed by atoms with E-state index in [4.69, 9.17) is 10.5 Å². The molecule has 2 atom stereocenters. The van der Waals surface area contributed by atoms with Crippen LogP contribution in [-0.4, -0.2) is 18.1 Å². The molecule has 0 aliphatic carbocycles. The molecule has 3 nitrogen and oxygen atoms in total. The van der Waals surface area contributed by atoms with Gasteiger partial charge in [0.15, 0.2) is 0 Å². The lowest BCUT2D eigenvalue weighted by Crippen LogP contribution is -2.35. The zero-order valence-corrected chi connectivity index (χ0v) is 7.75. The second-order valence-electron chi connectivity index (χ2n) is 3.86. The van der Waals surface area contributed by atoms with Gasteiger partial charge in [-0.25, -0.2) is 0 Å². The quantitative estimate of drug-likeness (QED) is 0.646. The van der Waals surface area contributed by atoms with Crippen molar-refractivity contribution in [3.8, 4) is 0 Å². The van der Waals surface area contributed by atoms with Crippen molar-refractivity contribution in [2.24, 2.45) is 11.7 Å². The molecule has 3 heteroatoms. The number of cyclic esters (lactones) is 1. The van der Waals surface area contributed by atoms with Gasteiger partial charge in [0.05, 0.1) is 0 Å². The molecule has 12 heavy (non-hydrogen) atoms. The summed E-state index contributed by atoms with van der Waals surface area (Å²) >= 11 is 0. The van der Waals surface area contributed by atoms with E-state index < -0.39 is 0 Å². The first-order valence-corrected chi connectivity index (χ1v) is 4.54. The highest BCUT2D eigenvalue weighted by molar-refractivity contribution is 5.71. The highest BCUT2D eigenvalue weighted by Gasteiger charge is 2.28. The molecule has 1 saturated heterocycles. The number of esters is 1. The van der Waals surface area contributed by atoms with Gasteiger partial charge < -0.3 is 10.5 Å². The van der Waals surface area contributed by atoms with Crippen LogP contribution in [0.1, 0.15) is 33.1 Å². The average Bonchev–Trinajstić information content (AvgIpc) is 2.34. The first-order valence-electron chi connectivity index (χ1n) is 4.54. The Morgan fingerprint density at radius 3 is 2.75 bits per heavy atom. The predicted molar refractivity (Wildman–Crippen MR) is 46.5 cm³/mol. The zero-order chi connectivity index (χ0) is 9.14. The summed E-state index contributed by atoms with van der Waals surface area (Å²) in [4.78, 5) is 10.8. The van der Waals surface area contributed by atoms with Crippen LogP contribution in [0.3, 0.4) is 0 Å². The van der Waals surface area contributed by atoms with Crippen molar-refractivity contribution in [1.29, 1.82) is 0 Å². The molecular formula is C9H17NO2. The third kappa shape index (κ3) is 2.48. The monoisotopic (exact) mass is 171 g/mol. The Labute approximate surface area is 73.3 Å². The van der Waals surface area contributed by atoms with Crippen LogP contribution in [0.15, 0.2) is 0 Å². The van der Waals surface area contributed by atoms with Crippen LogP contribution in [0.5, 0.6) is 0 Å². The summed E-state index contributed by atoms with van der Waals surface area (Å²) in [6, 6.07) is 0.0245. The highest BCUT2D eigenvalue weighted by atomic mass is 16.5. The van der Waals surface area contributed by atoms with Gasteiger partial charge >= 0.3 is 5.97 Å². The topological polar surface area (TPSA) is 52.3 Å². The maximum absolute atomic E-state index is 10.8. The molecule has 1 unspecified atom stereocenters. The molecule has 0 bridgehead atoms. The van der Waals surface area contributed by atoms with E-state index in [9.17, 15) is 4.79 Å². The lowest BCUT2D eigenvalue weighted by atomic mass is 9.98. The zero-order valence-electron chi connectivity index (χ0n) is 7.75. The smallest absolute Gasteiger partial charge is 0.306 e. The Hall–Kier alpha value is -0.570. The summed E-state index contributed by atoms with van der Waals surface area (Å²) in [5.41, 5.74) is 5.86. The Kier molecular flexibility index (Phi) is 3.09. The molecule has 1 fully saturated rings. The van der Waals surface area contributed by atoms with Crippen molar-refractivity contribution in [1.82, 2.24) is 0 Å². The summed E-state index contributed by atoms with van der Waals surface area (Å²) in [5.74, 6) is 0.471. The average molecular weight is 171 g/mol. The number of ether oxygens (including phenoxy) is 1. The van der Waals surface area contributed by atoms with Gasteiger partial charge in [0.1, 0.15) is 6.10 Å². The minimum Gasteiger partial charge on any atom is -0.461 e. The van der Waals surface area contributed by atoms with Crippen molar-refractivity contribution in [3.05, 3.63) is 0 Å². The number of hydrogen-bond acceptors (Lipinski definition) is 3. The van der Waals surface area contributed by atoms with E-state index in [-0.39, 0.29) is 18.1 Å². The van der Waals surface area contributed by atoms with Crippen LogP contribution >= 0.6 is 0 Å². The Morgan fingerprint density at radius 1 is 1.67 bits per heavy atom. The molecule has 0 amide bonds. The summed E-state index contributed by atoms with van der Waals surface area (Å²) in [7, 11) is 0. The van der Waals surface area contributed by atoms with Gasteiger partial charge in [-0.1, -0.05) is 13.8 Å². The van der Waals surface area contributed by atoms with E-state index in [0.29, 0.717) is 12.3 Å². The van der Waals surface area contributed by atoms with Gasteiger partial charge in [-0.15, -0.1) is 0 Å². The van der Waals surface area contributed by atoms with Gasteiger partial charge in [-0.2, -0.15) is 0 Å². The third-order valence-corrected chi connectivity index (χ3v) is 2.14. The summed E-state index contributed by atoms with van der Waals surface area (Å²) < 4.78 is 5.06. The molecule has 0 spiro atoms. The molecule has 2 N–H and O–H groups in total. The van der Waals surface area contributed by atoms with Crippen LogP contribution in [-0.2, 0) is 9.53 Å². The first kappa shape index (κ1) is 9.52. The van der Waals surface area contributed by atoms with Crippen LogP contribution in [0.25, 0.3) is 0 Å². The number of nitrogens with two attached hydrogens (primary N) is 1. The molecule has 1 aliphatic heterocycles. The Balaban J connectivity index is 2.32. The molecule has 1 aliphatic rings. The number of carbonyl (C=O) groups excluding carboxylic acids is 1. The van der Waals surface area contributed by atoms with E-state index in [2.05, 4.69) is 13.8 Å². The number of hydrogen-bond donors (Lipinski definition) is 1. The molecule has 0 aromatic carbocycles. The fourth-order valence-electron chi connectivity index (χ4n) is 1.54. The molecule has 0 saturated carbocycles. The van der Waals surface area contributed by atoms with Crippen LogP contribution in [0.2, 0.25) is 0 Å². The molecule has 0 aromatic heterocycles. The highest BCUT2D eigenvalue weighted by Crippen LogP contribution is 2.19. The fraction of sp³-hybridized carbons (Fsp3) is 0.889. The summed E-state index contributed by atoms with van der Waals surface area (Å²) in [6.45, 7) is 4.24. The van der Waals surface area contributed by atoms with E-state index in [1.54, 1.807) is 0 Å². The lowest BCUT2D eigenvalue weighted by Gasteiger charge is -2.19. The molecule has 0 aromatic rings. The van der Waals surface area contributed by atoms with E-state index in [1.165, 1.54) is 0 Å². The third-order valence-electron chi connectivity index (χ3n) is 2.14. The fourth-order valence-corrected chi connectivity index (χ4v) is 1.54. The van der Waals surface area contributed by atoms with Crippen molar-refractivity contribution in [2.75, 3.05) is 0 Å². The minimum absolute atomic E-state index is 0.0245. The van der Waals surface area contributed by atoms with Crippen molar-refractivity contribution in [2.45, 2.75) is 45.3 Å². The lowest BCUT2D eigenvalue weighted by molar-refractivity contribution is -0.142. The van der Waals surface area contributed by atoms with Gasteiger partial charge in [-0.05, 0) is 18.8 Å². The first-order chi connectivity index (χ1) is 5.59. The van der Waals surface area contributed by atoms with E-state index in [0.717, 1.165) is 12.8 Å². The van der Waals surface area contributed by atoms with E-state index >= 15 is 0 Å². The van der Waals surface area contributed by atoms with Crippen LogP contribution < -0.4 is 5.73 Å². The Morgan fingerprint density at radius 2 is 2.33 bits per heavy atom. The summed E-state index contributed by atoms with van der Waals surface area (Å²) in [5, 5.41) is 0. The van der Waals surface area contributed by atoms with Gasteiger partial charge in [0, 0.05) is 12.5 Å². The van der Waals surface area contributed by atoms with E-state index in [1.807, 2.05) is 0 Å². The molecule has 1 rings (SSSR count). The minimum atomic E-state index is -0.0980. The summed E-state index contributed by atoms with van der Waals surface area (Å²) in [6.07, 6.45) is 2.24. The normalized spacial score (nSPS) is 26.0. The van der Waals surface area contributed by atoms with Crippen LogP contribution in [0.4, 0.5) is 0 Å². The maximum atomic E-state index is 10.8. The molecular weight excluding hydrogens is 154 g/mol. The second-order valence-corrected chi connectivity index (χ2v) is 3.86. The molecule has 1 heterocycles. The maximum Gasteiger partial charge on any atom is 0.306 e. The van der Waals surface area contributed by atoms with Gasteiger partial charge in [-0.3, -0.25) is 4.79 Å². The number of carbonyl (C=O) groups is 1. The van der Waals surface area contributed by atoms with Crippen molar-refractivity contribution >= 4 is 5.97 Å². The molecule has 0 radical (unpaired) electrons. The number of rotatable bonds is 3. The standard InChI is InChI=1S/C9H17NO2/c1-6(2)5-7(10)8-3-4-9(11)12-8/h6-8H,3-5,10H2,1-2H3/t7?,8-/m0/s1. The second kappa shape index (κ2) is 3.90. The Bertz CT molecular complexity index is 168. The van der Waals surface area contributed by atoms with Crippen LogP contribution in [0, 0.1) is 5.92 Å². The SMILES string of the molecule is CC(C)CC(N)[C@@H]1CCC(=O)O1. The predicted octanol–water partition coefficient (Wildman–Crippen LogP) is 1.07. The van der Waals surface area contributed by atoms with Crippen molar-refractivity contribution in [3.63, 3.8) is 0 Å². The molecule has 70 valence electrons.